The van der Waals surface area contributed by atoms with Crippen molar-refractivity contribution in [2.24, 2.45) is 0 Å². The molecule has 1 aromatic carbocycles. The highest BCUT2D eigenvalue weighted by atomic mass is 79.9. The first-order chi connectivity index (χ1) is 12.1. The maximum absolute atomic E-state index is 12.4. The minimum Gasteiger partial charge on any atom is -0.340 e. The Bertz CT molecular complexity index is 690. The molecule has 2 heterocycles. The van der Waals surface area contributed by atoms with Crippen LogP contribution in [0.1, 0.15) is 28.8 Å². The van der Waals surface area contributed by atoms with Crippen LogP contribution in [0.3, 0.4) is 0 Å². The number of amides is 1. The van der Waals surface area contributed by atoms with Gasteiger partial charge in [0.2, 0.25) is 5.91 Å². The molecule has 134 valence electrons. The highest BCUT2D eigenvalue weighted by molar-refractivity contribution is 9.11. The van der Waals surface area contributed by atoms with Crippen molar-refractivity contribution in [3.63, 3.8) is 0 Å². The molecular formula is C20H25BrN2OS. The number of carbonyl (C=O) groups is 1. The van der Waals surface area contributed by atoms with Gasteiger partial charge in [0.15, 0.2) is 0 Å². The number of halogens is 1. The summed E-state index contributed by atoms with van der Waals surface area (Å²) in [6.07, 6.45) is 2.58. The third kappa shape index (κ3) is 5.66. The van der Waals surface area contributed by atoms with Crippen LogP contribution in [0.15, 0.2) is 40.2 Å². The smallest absolute Gasteiger partial charge is 0.222 e. The minimum absolute atomic E-state index is 0.311. The van der Waals surface area contributed by atoms with Crippen LogP contribution in [0, 0.1) is 6.92 Å². The van der Waals surface area contributed by atoms with Gasteiger partial charge in [-0.3, -0.25) is 9.69 Å². The fourth-order valence-electron chi connectivity index (χ4n) is 3.17. The third-order valence-corrected chi connectivity index (χ3v) is 6.32. The Labute approximate surface area is 162 Å². The zero-order valence-corrected chi connectivity index (χ0v) is 17.1. The summed E-state index contributed by atoms with van der Waals surface area (Å²) in [4.78, 5) is 18.3. The maximum Gasteiger partial charge on any atom is 0.222 e. The van der Waals surface area contributed by atoms with Crippen molar-refractivity contribution in [1.29, 1.82) is 0 Å². The second-order valence-electron chi connectivity index (χ2n) is 6.70. The second kappa shape index (κ2) is 8.97. The number of hydrogen-bond acceptors (Lipinski definition) is 3. The van der Waals surface area contributed by atoms with E-state index in [2.05, 4.69) is 64.2 Å². The van der Waals surface area contributed by atoms with Crippen molar-refractivity contribution in [2.45, 2.75) is 32.7 Å². The molecule has 5 heteroatoms. The van der Waals surface area contributed by atoms with Gasteiger partial charge in [-0.05, 0) is 53.4 Å². The third-order valence-electron chi connectivity index (χ3n) is 4.71. The van der Waals surface area contributed by atoms with Gasteiger partial charge in [-0.25, -0.2) is 0 Å². The first kappa shape index (κ1) is 18.6. The van der Waals surface area contributed by atoms with E-state index in [1.54, 1.807) is 11.3 Å². The molecule has 1 saturated heterocycles. The van der Waals surface area contributed by atoms with Crippen molar-refractivity contribution in [3.05, 3.63) is 56.2 Å². The second-order valence-corrected chi connectivity index (χ2v) is 9.25. The average molecular weight is 421 g/mol. The van der Waals surface area contributed by atoms with Crippen LogP contribution in [0.4, 0.5) is 0 Å². The molecule has 0 unspecified atom stereocenters. The molecule has 0 radical (unpaired) electrons. The molecule has 3 nitrogen and oxygen atoms in total. The number of rotatable bonds is 6. The Hall–Kier alpha value is -1.17. The van der Waals surface area contributed by atoms with Crippen LogP contribution in [0.25, 0.3) is 0 Å². The fourth-order valence-corrected chi connectivity index (χ4v) is 4.69. The van der Waals surface area contributed by atoms with Gasteiger partial charge >= 0.3 is 0 Å². The minimum atomic E-state index is 0.311. The summed E-state index contributed by atoms with van der Waals surface area (Å²) >= 11 is 5.31. The van der Waals surface area contributed by atoms with Gasteiger partial charge in [-0.2, -0.15) is 0 Å². The number of hydrogen-bond donors (Lipinski definition) is 0. The van der Waals surface area contributed by atoms with Gasteiger partial charge in [0.1, 0.15) is 0 Å². The first-order valence-electron chi connectivity index (χ1n) is 8.90. The lowest BCUT2D eigenvalue weighted by molar-refractivity contribution is -0.133. The van der Waals surface area contributed by atoms with Crippen LogP contribution in [0.2, 0.25) is 0 Å². The Morgan fingerprint density at radius 1 is 1.08 bits per heavy atom. The average Bonchev–Trinajstić information content (AvgIpc) is 3.02. The van der Waals surface area contributed by atoms with E-state index in [0.717, 1.165) is 45.6 Å². The number of nitrogens with zero attached hydrogens (tertiary/aromatic N) is 2. The quantitative estimate of drug-likeness (QED) is 0.687. The highest BCUT2D eigenvalue weighted by Crippen LogP contribution is 2.23. The highest BCUT2D eigenvalue weighted by Gasteiger charge is 2.21. The van der Waals surface area contributed by atoms with Crippen LogP contribution in [-0.4, -0.2) is 41.9 Å². The maximum atomic E-state index is 12.4. The van der Waals surface area contributed by atoms with Crippen LogP contribution in [0.5, 0.6) is 0 Å². The molecule has 2 aromatic rings. The molecule has 3 rings (SSSR count). The molecule has 1 amide bonds. The van der Waals surface area contributed by atoms with Gasteiger partial charge in [0.25, 0.3) is 0 Å². The largest absolute Gasteiger partial charge is 0.340 e. The van der Waals surface area contributed by atoms with E-state index in [-0.39, 0.29) is 0 Å². The van der Waals surface area contributed by atoms with E-state index >= 15 is 0 Å². The van der Waals surface area contributed by atoms with E-state index in [9.17, 15) is 4.79 Å². The number of carbonyl (C=O) groups excluding carboxylic acids is 1. The van der Waals surface area contributed by atoms with E-state index in [1.165, 1.54) is 19.8 Å². The zero-order chi connectivity index (χ0) is 17.6. The summed E-state index contributed by atoms with van der Waals surface area (Å²) in [5.74, 6) is 0.311. The molecule has 1 fully saturated rings. The zero-order valence-electron chi connectivity index (χ0n) is 14.7. The number of thiophene rings is 1. The molecule has 0 atom stereocenters. The molecule has 0 saturated carbocycles. The van der Waals surface area contributed by atoms with Gasteiger partial charge in [-0.1, -0.05) is 29.8 Å². The molecule has 1 aliphatic heterocycles. The Kier molecular flexibility index (Phi) is 6.68. The first-order valence-corrected chi connectivity index (χ1v) is 10.5. The van der Waals surface area contributed by atoms with Crippen molar-refractivity contribution < 1.29 is 4.79 Å². The van der Waals surface area contributed by atoms with Crippen molar-refractivity contribution in [1.82, 2.24) is 9.80 Å². The topological polar surface area (TPSA) is 23.6 Å². The lowest BCUT2D eigenvalue weighted by Crippen LogP contribution is -2.48. The SMILES string of the molecule is Cc1ccc(CCCC(=O)N2CCN(Cc3ccc(Br)s3)CC2)cc1. The normalized spacial score (nSPS) is 15.5. The molecular weight excluding hydrogens is 396 g/mol. The fraction of sp³-hybridized carbons (Fsp3) is 0.450. The summed E-state index contributed by atoms with van der Waals surface area (Å²) in [5.41, 5.74) is 2.61. The number of piperazine rings is 1. The Balaban J connectivity index is 1.37. The summed E-state index contributed by atoms with van der Waals surface area (Å²) in [7, 11) is 0. The van der Waals surface area contributed by atoms with E-state index in [4.69, 9.17) is 0 Å². The van der Waals surface area contributed by atoms with Crippen molar-refractivity contribution in [3.8, 4) is 0 Å². The Morgan fingerprint density at radius 2 is 1.80 bits per heavy atom. The molecule has 1 aliphatic rings. The predicted molar refractivity (Wildman–Crippen MR) is 108 cm³/mol. The van der Waals surface area contributed by atoms with Crippen molar-refractivity contribution in [2.75, 3.05) is 26.2 Å². The van der Waals surface area contributed by atoms with Gasteiger partial charge in [0, 0.05) is 44.0 Å². The molecule has 0 spiro atoms. The van der Waals surface area contributed by atoms with Gasteiger partial charge in [-0.15, -0.1) is 11.3 Å². The summed E-state index contributed by atoms with van der Waals surface area (Å²) in [6, 6.07) is 12.9. The monoisotopic (exact) mass is 420 g/mol. The lowest BCUT2D eigenvalue weighted by atomic mass is 10.1. The molecule has 0 N–H and O–H groups in total. The number of aryl methyl sites for hydroxylation is 2. The Morgan fingerprint density at radius 3 is 2.44 bits per heavy atom. The standard InChI is InChI=1S/C20H25BrN2OS/c1-16-5-7-17(8-6-16)3-2-4-20(24)23-13-11-22(12-14-23)15-18-9-10-19(21)25-18/h5-10H,2-4,11-15H2,1H3. The summed E-state index contributed by atoms with van der Waals surface area (Å²) in [5, 5.41) is 0. The van der Waals surface area contributed by atoms with Crippen LogP contribution in [-0.2, 0) is 17.8 Å². The molecule has 1 aromatic heterocycles. The predicted octanol–water partition coefficient (Wildman–Crippen LogP) is 4.49. The molecule has 0 aliphatic carbocycles. The molecule has 0 bridgehead atoms. The van der Waals surface area contributed by atoms with Crippen molar-refractivity contribution >= 4 is 33.2 Å². The van der Waals surface area contributed by atoms with Crippen LogP contribution >= 0.6 is 27.3 Å². The van der Waals surface area contributed by atoms with Crippen LogP contribution < -0.4 is 0 Å². The van der Waals surface area contributed by atoms with Gasteiger partial charge < -0.3 is 4.90 Å². The summed E-state index contributed by atoms with van der Waals surface area (Å²) in [6.45, 7) is 6.75. The lowest BCUT2D eigenvalue weighted by Gasteiger charge is -2.34. The van der Waals surface area contributed by atoms with E-state index in [1.807, 2.05) is 4.90 Å². The van der Waals surface area contributed by atoms with E-state index < -0.39 is 0 Å². The number of benzene rings is 1. The van der Waals surface area contributed by atoms with Gasteiger partial charge in [0.05, 0.1) is 3.79 Å². The summed E-state index contributed by atoms with van der Waals surface area (Å²) < 4.78 is 1.19. The van der Waals surface area contributed by atoms with E-state index in [0.29, 0.717) is 12.3 Å². The molecule has 25 heavy (non-hydrogen) atoms.